The molecule has 0 aliphatic carbocycles. The zero-order valence-electron chi connectivity index (χ0n) is 14.3. The predicted molar refractivity (Wildman–Crippen MR) is 93.5 cm³/mol. The standard InChI is InChI=1S/C19H24N2O4/c22-19(23)17-4-1-3-16(13-17)14-21(15-18-5-2-10-25-18)7-6-20-8-11-24-12-9-20/h1-5,10,13H,6-9,11-12,14-15H2,(H,22,23). The smallest absolute Gasteiger partial charge is 0.335 e. The van der Waals surface area contributed by atoms with Crippen LogP contribution in [0.25, 0.3) is 0 Å². The van der Waals surface area contributed by atoms with Crippen molar-refractivity contribution >= 4 is 5.97 Å². The number of carbonyl (C=O) groups is 1. The number of furan rings is 1. The van der Waals surface area contributed by atoms with Crippen molar-refractivity contribution in [3.05, 3.63) is 59.5 Å². The Morgan fingerprint density at radius 1 is 1.16 bits per heavy atom. The number of aromatic carboxylic acids is 1. The molecule has 1 aliphatic heterocycles. The second-order valence-electron chi connectivity index (χ2n) is 6.25. The third-order valence-electron chi connectivity index (χ3n) is 4.38. The fourth-order valence-electron chi connectivity index (χ4n) is 3.01. The molecular formula is C19H24N2O4. The van der Waals surface area contributed by atoms with E-state index < -0.39 is 5.97 Å². The van der Waals surface area contributed by atoms with E-state index in [1.54, 1.807) is 24.5 Å². The average molecular weight is 344 g/mol. The summed E-state index contributed by atoms with van der Waals surface area (Å²) in [7, 11) is 0. The van der Waals surface area contributed by atoms with Crippen LogP contribution in [-0.4, -0.2) is 60.3 Å². The number of hydrogen-bond donors (Lipinski definition) is 1. The van der Waals surface area contributed by atoms with Crippen molar-refractivity contribution in [1.29, 1.82) is 0 Å². The predicted octanol–water partition coefficient (Wildman–Crippen LogP) is 2.31. The molecule has 0 bridgehead atoms. The number of carboxylic acids is 1. The van der Waals surface area contributed by atoms with E-state index in [-0.39, 0.29) is 0 Å². The monoisotopic (exact) mass is 344 g/mol. The van der Waals surface area contributed by atoms with E-state index in [4.69, 9.17) is 9.15 Å². The van der Waals surface area contributed by atoms with E-state index in [9.17, 15) is 9.90 Å². The summed E-state index contributed by atoms with van der Waals surface area (Å²) in [6, 6.07) is 11.0. The second kappa shape index (κ2) is 8.80. The zero-order chi connectivity index (χ0) is 17.5. The van der Waals surface area contributed by atoms with Crippen molar-refractivity contribution in [3.8, 4) is 0 Å². The van der Waals surface area contributed by atoms with Crippen molar-refractivity contribution in [2.75, 3.05) is 39.4 Å². The van der Waals surface area contributed by atoms with Crippen molar-refractivity contribution in [1.82, 2.24) is 9.80 Å². The Morgan fingerprint density at radius 2 is 2.00 bits per heavy atom. The van der Waals surface area contributed by atoms with Gasteiger partial charge in [0.25, 0.3) is 0 Å². The van der Waals surface area contributed by atoms with Gasteiger partial charge in [0.2, 0.25) is 0 Å². The Labute approximate surface area is 147 Å². The number of carboxylic acid groups (broad SMARTS) is 1. The maximum Gasteiger partial charge on any atom is 0.335 e. The fraction of sp³-hybridized carbons (Fsp3) is 0.421. The first-order valence-corrected chi connectivity index (χ1v) is 8.58. The van der Waals surface area contributed by atoms with Gasteiger partial charge < -0.3 is 14.3 Å². The number of ether oxygens (including phenoxy) is 1. The summed E-state index contributed by atoms with van der Waals surface area (Å²) in [6.07, 6.45) is 1.68. The molecule has 6 heteroatoms. The van der Waals surface area contributed by atoms with Crippen LogP contribution >= 0.6 is 0 Å². The lowest BCUT2D eigenvalue weighted by Gasteiger charge is -2.29. The van der Waals surface area contributed by atoms with Gasteiger partial charge in [0, 0.05) is 32.7 Å². The minimum Gasteiger partial charge on any atom is -0.478 e. The molecule has 3 rings (SSSR count). The van der Waals surface area contributed by atoms with Crippen LogP contribution in [-0.2, 0) is 17.8 Å². The van der Waals surface area contributed by atoms with Crippen LogP contribution in [0.4, 0.5) is 0 Å². The van der Waals surface area contributed by atoms with Gasteiger partial charge in [-0.25, -0.2) is 4.79 Å². The van der Waals surface area contributed by atoms with Crippen LogP contribution in [0.5, 0.6) is 0 Å². The van der Waals surface area contributed by atoms with Crippen LogP contribution in [0, 0.1) is 0 Å². The lowest BCUT2D eigenvalue weighted by atomic mass is 10.1. The topological polar surface area (TPSA) is 66.2 Å². The first kappa shape index (κ1) is 17.7. The SMILES string of the molecule is O=C(O)c1cccc(CN(CCN2CCOCC2)Cc2ccco2)c1. The van der Waals surface area contributed by atoms with E-state index in [0.29, 0.717) is 18.7 Å². The average Bonchev–Trinajstić information content (AvgIpc) is 3.14. The minimum absolute atomic E-state index is 0.323. The van der Waals surface area contributed by atoms with Gasteiger partial charge in [0.05, 0.1) is 31.6 Å². The highest BCUT2D eigenvalue weighted by atomic mass is 16.5. The summed E-state index contributed by atoms with van der Waals surface area (Å²) in [4.78, 5) is 15.9. The van der Waals surface area contributed by atoms with Gasteiger partial charge in [-0.15, -0.1) is 0 Å². The van der Waals surface area contributed by atoms with Gasteiger partial charge in [0.15, 0.2) is 0 Å². The van der Waals surface area contributed by atoms with Gasteiger partial charge in [-0.3, -0.25) is 9.80 Å². The van der Waals surface area contributed by atoms with Gasteiger partial charge in [0.1, 0.15) is 5.76 Å². The molecule has 134 valence electrons. The summed E-state index contributed by atoms with van der Waals surface area (Å²) < 4.78 is 10.9. The quantitative estimate of drug-likeness (QED) is 0.793. The molecule has 1 aromatic carbocycles. The number of nitrogens with zero attached hydrogens (tertiary/aromatic N) is 2. The van der Waals surface area contributed by atoms with Crippen molar-refractivity contribution in [3.63, 3.8) is 0 Å². The van der Waals surface area contributed by atoms with Crippen LogP contribution in [0.1, 0.15) is 21.7 Å². The second-order valence-corrected chi connectivity index (χ2v) is 6.25. The Hall–Kier alpha value is -2.15. The molecular weight excluding hydrogens is 320 g/mol. The lowest BCUT2D eigenvalue weighted by Crippen LogP contribution is -2.41. The normalized spacial score (nSPS) is 15.6. The van der Waals surface area contributed by atoms with Crippen molar-refractivity contribution in [2.45, 2.75) is 13.1 Å². The molecule has 1 aliphatic rings. The van der Waals surface area contributed by atoms with E-state index in [2.05, 4.69) is 9.80 Å². The molecule has 0 radical (unpaired) electrons. The molecule has 25 heavy (non-hydrogen) atoms. The van der Waals surface area contributed by atoms with Gasteiger partial charge >= 0.3 is 5.97 Å². The minimum atomic E-state index is -0.896. The molecule has 2 heterocycles. The highest BCUT2D eigenvalue weighted by Crippen LogP contribution is 2.13. The Bertz CT molecular complexity index is 666. The molecule has 1 fully saturated rings. The number of rotatable bonds is 8. The Kier molecular flexibility index (Phi) is 6.22. The van der Waals surface area contributed by atoms with Crippen LogP contribution in [0.15, 0.2) is 47.1 Å². The molecule has 0 amide bonds. The summed E-state index contributed by atoms with van der Waals surface area (Å²) >= 11 is 0. The van der Waals surface area contributed by atoms with Crippen LogP contribution in [0.2, 0.25) is 0 Å². The van der Waals surface area contributed by atoms with E-state index >= 15 is 0 Å². The molecule has 6 nitrogen and oxygen atoms in total. The molecule has 2 aromatic rings. The van der Waals surface area contributed by atoms with E-state index in [1.807, 2.05) is 18.2 Å². The summed E-state index contributed by atoms with van der Waals surface area (Å²) in [5.41, 5.74) is 1.32. The van der Waals surface area contributed by atoms with Crippen LogP contribution < -0.4 is 0 Å². The third-order valence-corrected chi connectivity index (χ3v) is 4.38. The number of morpholine rings is 1. The summed E-state index contributed by atoms with van der Waals surface area (Å²) in [5.74, 6) is 0.0177. The molecule has 0 unspecified atom stereocenters. The maximum atomic E-state index is 11.2. The molecule has 0 saturated carbocycles. The van der Waals surface area contributed by atoms with Crippen molar-refractivity contribution in [2.24, 2.45) is 0 Å². The highest BCUT2D eigenvalue weighted by molar-refractivity contribution is 5.87. The first-order valence-electron chi connectivity index (χ1n) is 8.58. The van der Waals surface area contributed by atoms with Crippen molar-refractivity contribution < 1.29 is 19.1 Å². The number of benzene rings is 1. The fourth-order valence-corrected chi connectivity index (χ4v) is 3.01. The van der Waals surface area contributed by atoms with E-state index in [0.717, 1.165) is 50.7 Å². The molecule has 1 saturated heterocycles. The van der Waals surface area contributed by atoms with Gasteiger partial charge in [-0.05, 0) is 29.8 Å². The zero-order valence-corrected chi connectivity index (χ0v) is 14.3. The molecule has 0 atom stereocenters. The largest absolute Gasteiger partial charge is 0.478 e. The van der Waals surface area contributed by atoms with Crippen LogP contribution in [0.3, 0.4) is 0 Å². The number of hydrogen-bond acceptors (Lipinski definition) is 5. The maximum absolute atomic E-state index is 11.2. The summed E-state index contributed by atoms with van der Waals surface area (Å²) in [6.45, 7) is 6.74. The highest BCUT2D eigenvalue weighted by Gasteiger charge is 2.14. The lowest BCUT2D eigenvalue weighted by molar-refractivity contribution is 0.0321. The molecule has 0 spiro atoms. The van der Waals surface area contributed by atoms with E-state index in [1.165, 1.54) is 0 Å². The molecule has 1 aromatic heterocycles. The third kappa shape index (κ3) is 5.42. The Balaban J connectivity index is 1.64. The summed E-state index contributed by atoms with van der Waals surface area (Å²) in [5, 5.41) is 9.18. The molecule has 1 N–H and O–H groups in total. The van der Waals surface area contributed by atoms with Gasteiger partial charge in [-0.1, -0.05) is 12.1 Å². The first-order chi connectivity index (χ1) is 12.2. The Morgan fingerprint density at radius 3 is 2.72 bits per heavy atom. The van der Waals surface area contributed by atoms with Gasteiger partial charge in [-0.2, -0.15) is 0 Å².